The molecule has 2 aromatic carbocycles. The van der Waals surface area contributed by atoms with Gasteiger partial charge in [-0.15, -0.1) is 0 Å². The maximum Gasteiger partial charge on any atom is 0.257 e. The van der Waals surface area contributed by atoms with Gasteiger partial charge in [-0.1, -0.05) is 23.4 Å². The first-order chi connectivity index (χ1) is 12.2. The molecule has 1 aliphatic heterocycles. The highest BCUT2D eigenvalue weighted by Gasteiger charge is 2.23. The van der Waals surface area contributed by atoms with Crippen LogP contribution in [-0.4, -0.2) is 22.7 Å². The van der Waals surface area contributed by atoms with Gasteiger partial charge in [0.15, 0.2) is 5.82 Å². The number of hydrogen-bond acceptors (Lipinski definition) is 5. The van der Waals surface area contributed by atoms with Crippen molar-refractivity contribution in [1.82, 2.24) is 15.5 Å². The zero-order valence-corrected chi connectivity index (χ0v) is 13.7. The van der Waals surface area contributed by atoms with Crippen molar-refractivity contribution < 1.29 is 14.1 Å². The standard InChI is InChI=1S/C19H17N3O3/c1-12-20-19(25-22-12)14-8-6-13(7-9-14)18(23)21-16-10-11-24-17-5-3-2-4-15(16)17/h2-9,16H,10-11H2,1H3,(H,21,23). The molecule has 1 aliphatic rings. The van der Waals surface area contributed by atoms with Crippen molar-refractivity contribution in [1.29, 1.82) is 0 Å². The van der Waals surface area contributed by atoms with E-state index in [1.165, 1.54) is 0 Å². The first-order valence-electron chi connectivity index (χ1n) is 8.14. The number of nitrogens with zero attached hydrogens (tertiary/aromatic N) is 2. The molecule has 0 aliphatic carbocycles. The lowest BCUT2D eigenvalue weighted by molar-refractivity contribution is 0.0925. The second-order valence-corrected chi connectivity index (χ2v) is 5.93. The van der Waals surface area contributed by atoms with Gasteiger partial charge in [0.05, 0.1) is 12.6 Å². The molecule has 1 atom stereocenters. The van der Waals surface area contributed by atoms with Crippen LogP contribution in [0, 0.1) is 6.92 Å². The molecule has 1 amide bonds. The Labute approximate surface area is 144 Å². The average molecular weight is 335 g/mol. The molecule has 0 bridgehead atoms. The Morgan fingerprint density at radius 3 is 2.72 bits per heavy atom. The Hall–Kier alpha value is -3.15. The molecule has 126 valence electrons. The lowest BCUT2D eigenvalue weighted by Gasteiger charge is -2.26. The number of amides is 1. The Kier molecular flexibility index (Phi) is 3.93. The minimum absolute atomic E-state index is 0.0456. The van der Waals surface area contributed by atoms with Crippen LogP contribution in [0.3, 0.4) is 0 Å². The summed E-state index contributed by atoms with van der Waals surface area (Å²) in [6.07, 6.45) is 0.752. The quantitative estimate of drug-likeness (QED) is 0.794. The van der Waals surface area contributed by atoms with Crippen molar-refractivity contribution in [3.05, 3.63) is 65.5 Å². The predicted octanol–water partition coefficient (Wildman–Crippen LogP) is 3.30. The van der Waals surface area contributed by atoms with Crippen LogP contribution in [0.15, 0.2) is 53.1 Å². The van der Waals surface area contributed by atoms with Gasteiger partial charge in [0.2, 0.25) is 0 Å². The van der Waals surface area contributed by atoms with Gasteiger partial charge in [-0.2, -0.15) is 4.98 Å². The SMILES string of the molecule is Cc1noc(-c2ccc(C(=O)NC3CCOc4ccccc43)cc2)n1. The zero-order chi connectivity index (χ0) is 17.2. The summed E-state index contributed by atoms with van der Waals surface area (Å²) in [6.45, 7) is 2.36. The van der Waals surface area contributed by atoms with Crippen LogP contribution in [0.2, 0.25) is 0 Å². The number of para-hydroxylation sites is 1. The summed E-state index contributed by atoms with van der Waals surface area (Å²) in [5.74, 6) is 1.74. The van der Waals surface area contributed by atoms with Crippen LogP contribution >= 0.6 is 0 Å². The van der Waals surface area contributed by atoms with Crippen molar-refractivity contribution in [3.63, 3.8) is 0 Å². The second kappa shape index (κ2) is 6.39. The van der Waals surface area contributed by atoms with Crippen LogP contribution in [0.25, 0.3) is 11.5 Å². The summed E-state index contributed by atoms with van der Waals surface area (Å²) >= 11 is 0. The molecule has 1 unspecified atom stereocenters. The largest absolute Gasteiger partial charge is 0.493 e. The van der Waals surface area contributed by atoms with E-state index in [1.807, 2.05) is 24.3 Å². The number of nitrogens with one attached hydrogen (secondary N) is 1. The average Bonchev–Trinajstić information content (AvgIpc) is 3.08. The fraction of sp³-hybridized carbons (Fsp3) is 0.211. The van der Waals surface area contributed by atoms with E-state index in [4.69, 9.17) is 9.26 Å². The first-order valence-corrected chi connectivity index (χ1v) is 8.14. The summed E-state index contributed by atoms with van der Waals surface area (Å²) < 4.78 is 10.8. The second-order valence-electron chi connectivity index (χ2n) is 5.93. The summed E-state index contributed by atoms with van der Waals surface area (Å²) in [7, 11) is 0. The number of rotatable bonds is 3. The van der Waals surface area contributed by atoms with Crippen molar-refractivity contribution in [2.45, 2.75) is 19.4 Å². The first kappa shape index (κ1) is 15.4. The van der Waals surface area contributed by atoms with E-state index in [1.54, 1.807) is 31.2 Å². The molecular formula is C19H17N3O3. The normalized spacial score (nSPS) is 16.0. The zero-order valence-electron chi connectivity index (χ0n) is 13.7. The van der Waals surface area contributed by atoms with Crippen LogP contribution in [0.1, 0.15) is 34.2 Å². The smallest absolute Gasteiger partial charge is 0.257 e. The number of aryl methyl sites for hydroxylation is 1. The Morgan fingerprint density at radius 2 is 1.96 bits per heavy atom. The Bertz CT molecular complexity index is 902. The van der Waals surface area contributed by atoms with Gasteiger partial charge in [0, 0.05) is 23.1 Å². The van der Waals surface area contributed by atoms with E-state index in [2.05, 4.69) is 15.5 Å². The molecule has 0 saturated carbocycles. The minimum Gasteiger partial charge on any atom is -0.493 e. The molecule has 1 aromatic heterocycles. The third kappa shape index (κ3) is 3.10. The van der Waals surface area contributed by atoms with Gasteiger partial charge in [0.1, 0.15) is 5.75 Å². The lowest BCUT2D eigenvalue weighted by atomic mass is 10.00. The number of carbonyl (C=O) groups is 1. The number of carbonyl (C=O) groups excluding carboxylic acids is 1. The van der Waals surface area contributed by atoms with Crippen molar-refractivity contribution in [2.24, 2.45) is 0 Å². The van der Waals surface area contributed by atoms with E-state index in [0.29, 0.717) is 23.9 Å². The Balaban J connectivity index is 1.50. The molecule has 3 aromatic rings. The lowest BCUT2D eigenvalue weighted by Crippen LogP contribution is -2.32. The number of fused-ring (bicyclic) bond motifs is 1. The summed E-state index contributed by atoms with van der Waals surface area (Å²) in [4.78, 5) is 16.8. The molecule has 25 heavy (non-hydrogen) atoms. The molecular weight excluding hydrogens is 318 g/mol. The van der Waals surface area contributed by atoms with E-state index in [-0.39, 0.29) is 11.9 Å². The molecule has 0 spiro atoms. The van der Waals surface area contributed by atoms with Crippen molar-refractivity contribution in [3.8, 4) is 17.2 Å². The fourth-order valence-corrected chi connectivity index (χ4v) is 2.91. The minimum atomic E-state index is -0.116. The van der Waals surface area contributed by atoms with Crippen LogP contribution in [0.4, 0.5) is 0 Å². The van der Waals surface area contributed by atoms with Gasteiger partial charge >= 0.3 is 0 Å². The molecule has 0 radical (unpaired) electrons. The third-order valence-electron chi connectivity index (χ3n) is 4.19. The highest BCUT2D eigenvalue weighted by molar-refractivity contribution is 5.94. The van der Waals surface area contributed by atoms with E-state index in [0.717, 1.165) is 23.3 Å². The van der Waals surface area contributed by atoms with E-state index < -0.39 is 0 Å². The molecule has 0 saturated heterocycles. The van der Waals surface area contributed by atoms with Gasteiger partial charge in [-0.05, 0) is 37.3 Å². The van der Waals surface area contributed by atoms with Crippen molar-refractivity contribution >= 4 is 5.91 Å². The van der Waals surface area contributed by atoms with Crippen LogP contribution in [0.5, 0.6) is 5.75 Å². The number of ether oxygens (including phenoxy) is 1. The summed E-state index contributed by atoms with van der Waals surface area (Å²) in [5.41, 5.74) is 2.39. The number of aromatic nitrogens is 2. The fourth-order valence-electron chi connectivity index (χ4n) is 2.91. The van der Waals surface area contributed by atoms with E-state index >= 15 is 0 Å². The number of benzene rings is 2. The molecule has 4 rings (SSSR count). The molecule has 6 heteroatoms. The maximum atomic E-state index is 12.6. The highest BCUT2D eigenvalue weighted by atomic mass is 16.5. The summed E-state index contributed by atoms with van der Waals surface area (Å²) in [6, 6.07) is 14.9. The van der Waals surface area contributed by atoms with Gasteiger partial charge in [-0.3, -0.25) is 4.79 Å². The van der Waals surface area contributed by atoms with Gasteiger partial charge < -0.3 is 14.6 Å². The van der Waals surface area contributed by atoms with Crippen LogP contribution in [-0.2, 0) is 0 Å². The van der Waals surface area contributed by atoms with Gasteiger partial charge in [0.25, 0.3) is 11.8 Å². The highest BCUT2D eigenvalue weighted by Crippen LogP contribution is 2.31. The maximum absolute atomic E-state index is 12.6. The molecule has 6 nitrogen and oxygen atoms in total. The topological polar surface area (TPSA) is 77.2 Å². The molecule has 1 N–H and O–H groups in total. The monoisotopic (exact) mass is 335 g/mol. The summed E-state index contributed by atoms with van der Waals surface area (Å²) in [5, 5.41) is 6.86. The molecule has 2 heterocycles. The van der Waals surface area contributed by atoms with Gasteiger partial charge in [-0.25, -0.2) is 0 Å². The molecule has 0 fully saturated rings. The van der Waals surface area contributed by atoms with E-state index in [9.17, 15) is 4.79 Å². The third-order valence-corrected chi connectivity index (χ3v) is 4.19. The number of hydrogen-bond donors (Lipinski definition) is 1. The van der Waals surface area contributed by atoms with Crippen LogP contribution < -0.4 is 10.1 Å². The Morgan fingerprint density at radius 1 is 1.16 bits per heavy atom. The predicted molar refractivity (Wildman–Crippen MR) is 91.2 cm³/mol. The van der Waals surface area contributed by atoms with Crippen molar-refractivity contribution in [2.75, 3.05) is 6.61 Å².